The summed E-state index contributed by atoms with van der Waals surface area (Å²) in [7, 11) is -2.98. The van der Waals surface area contributed by atoms with Crippen LogP contribution in [0.4, 0.5) is 8.78 Å². The monoisotopic (exact) mass is 333 g/mol. The van der Waals surface area contributed by atoms with Gasteiger partial charge in [0, 0.05) is 13.0 Å². The first kappa shape index (κ1) is 16.7. The quantitative estimate of drug-likeness (QED) is 0.860. The lowest BCUT2D eigenvalue weighted by Gasteiger charge is -2.09. The largest absolute Gasteiger partial charge is 0.435 e. The van der Waals surface area contributed by atoms with Gasteiger partial charge in [-0.15, -0.1) is 0 Å². The van der Waals surface area contributed by atoms with Crippen molar-refractivity contribution in [2.75, 3.05) is 11.5 Å². The minimum absolute atomic E-state index is 0.0567. The van der Waals surface area contributed by atoms with E-state index < -0.39 is 16.4 Å². The van der Waals surface area contributed by atoms with Gasteiger partial charge in [0.25, 0.3) is 0 Å². The summed E-state index contributed by atoms with van der Waals surface area (Å²) >= 11 is 0. The second-order valence-corrected chi connectivity index (χ2v) is 7.50. The van der Waals surface area contributed by atoms with Gasteiger partial charge in [0.15, 0.2) is 9.84 Å². The lowest BCUT2D eigenvalue weighted by molar-refractivity contribution is -0.122. The zero-order valence-corrected chi connectivity index (χ0v) is 12.6. The number of carbonyl (C=O) groups is 1. The highest BCUT2D eigenvalue weighted by Crippen LogP contribution is 2.21. The van der Waals surface area contributed by atoms with Crippen LogP contribution in [0, 0.1) is 5.92 Å². The number of benzene rings is 1. The SMILES string of the molecule is O=C(CC1CCS(=O)(=O)C1)NCc1ccc(OC(F)F)cc1. The topological polar surface area (TPSA) is 72.5 Å². The standard InChI is InChI=1S/C14H17F2NO4S/c15-14(16)21-12-3-1-10(2-4-12)8-17-13(18)7-11-5-6-22(19,20)9-11/h1-4,11,14H,5-9H2,(H,17,18). The fourth-order valence-electron chi connectivity index (χ4n) is 2.36. The van der Waals surface area contributed by atoms with Crippen molar-refractivity contribution < 1.29 is 26.7 Å². The summed E-state index contributed by atoms with van der Waals surface area (Å²) in [5.41, 5.74) is 0.744. The number of halogens is 2. The van der Waals surface area contributed by atoms with Crippen molar-refractivity contribution in [1.82, 2.24) is 5.32 Å². The van der Waals surface area contributed by atoms with Gasteiger partial charge in [-0.1, -0.05) is 12.1 Å². The molecule has 1 amide bonds. The molecule has 0 aliphatic carbocycles. The van der Waals surface area contributed by atoms with Gasteiger partial charge in [-0.2, -0.15) is 8.78 Å². The van der Waals surface area contributed by atoms with E-state index in [1.165, 1.54) is 12.1 Å². The summed E-state index contributed by atoms with van der Waals surface area (Å²) < 4.78 is 50.9. The Hall–Kier alpha value is -1.70. The normalized spacial score (nSPS) is 20.0. The van der Waals surface area contributed by atoms with Gasteiger partial charge in [0.05, 0.1) is 11.5 Å². The van der Waals surface area contributed by atoms with Gasteiger partial charge in [0.1, 0.15) is 5.75 Å². The number of hydrogen-bond acceptors (Lipinski definition) is 4. The average Bonchev–Trinajstić information content (AvgIpc) is 2.76. The van der Waals surface area contributed by atoms with Gasteiger partial charge in [0.2, 0.25) is 5.91 Å². The molecular weight excluding hydrogens is 316 g/mol. The Morgan fingerprint density at radius 2 is 2.00 bits per heavy atom. The molecule has 1 aromatic rings. The number of hydrogen-bond donors (Lipinski definition) is 1. The first-order valence-electron chi connectivity index (χ1n) is 6.85. The number of nitrogens with one attached hydrogen (secondary N) is 1. The Labute approximate surface area is 127 Å². The molecule has 8 heteroatoms. The van der Waals surface area contributed by atoms with Gasteiger partial charge in [-0.05, 0) is 30.0 Å². The Morgan fingerprint density at radius 1 is 1.32 bits per heavy atom. The maximum absolute atomic E-state index is 12.0. The summed E-state index contributed by atoms with van der Waals surface area (Å²) in [5, 5.41) is 2.69. The fourth-order valence-corrected chi connectivity index (χ4v) is 4.22. The van der Waals surface area contributed by atoms with E-state index >= 15 is 0 Å². The molecule has 1 fully saturated rings. The molecule has 1 unspecified atom stereocenters. The van der Waals surface area contributed by atoms with Crippen molar-refractivity contribution in [3.63, 3.8) is 0 Å². The predicted octanol–water partition coefficient (Wildman–Crippen LogP) is 1.73. The minimum Gasteiger partial charge on any atom is -0.435 e. The van der Waals surface area contributed by atoms with Crippen molar-refractivity contribution in [3.05, 3.63) is 29.8 Å². The van der Waals surface area contributed by atoms with Crippen molar-refractivity contribution >= 4 is 15.7 Å². The molecule has 1 aliphatic heterocycles. The van der Waals surface area contributed by atoms with Crippen LogP contribution in [0.1, 0.15) is 18.4 Å². The lowest BCUT2D eigenvalue weighted by Crippen LogP contribution is -2.25. The number of sulfone groups is 1. The molecule has 0 spiro atoms. The summed E-state index contributed by atoms with van der Waals surface area (Å²) in [4.78, 5) is 11.8. The van der Waals surface area contributed by atoms with Crippen molar-refractivity contribution in [3.8, 4) is 5.75 Å². The molecule has 1 aromatic carbocycles. The molecule has 1 saturated heterocycles. The molecule has 1 heterocycles. The Morgan fingerprint density at radius 3 is 2.55 bits per heavy atom. The fraction of sp³-hybridized carbons (Fsp3) is 0.500. The van der Waals surface area contributed by atoms with E-state index in [0.29, 0.717) is 6.42 Å². The van der Waals surface area contributed by atoms with E-state index in [1.807, 2.05) is 0 Å². The molecule has 0 radical (unpaired) electrons. The number of alkyl halides is 2. The van der Waals surface area contributed by atoms with Crippen LogP contribution in [0.25, 0.3) is 0 Å². The van der Waals surface area contributed by atoms with Gasteiger partial charge in [-0.3, -0.25) is 4.79 Å². The summed E-state index contributed by atoms with van der Waals surface area (Å²) in [6.07, 6.45) is 0.710. The molecule has 0 saturated carbocycles. The summed E-state index contributed by atoms with van der Waals surface area (Å²) in [6.45, 7) is -2.61. The molecule has 1 atom stereocenters. The number of carbonyl (C=O) groups excluding carboxylic acids is 1. The van der Waals surface area contributed by atoms with Crippen molar-refractivity contribution in [2.24, 2.45) is 5.92 Å². The average molecular weight is 333 g/mol. The molecule has 0 aromatic heterocycles. The van der Waals surface area contributed by atoms with Gasteiger partial charge in [-0.25, -0.2) is 8.42 Å². The van der Waals surface area contributed by atoms with Crippen LogP contribution in [0.5, 0.6) is 5.75 Å². The van der Waals surface area contributed by atoms with Crippen LogP contribution in [0.15, 0.2) is 24.3 Å². The Bertz CT molecular complexity index is 616. The Balaban J connectivity index is 1.76. The highest BCUT2D eigenvalue weighted by atomic mass is 32.2. The third kappa shape index (κ3) is 5.25. The van der Waals surface area contributed by atoms with E-state index in [1.54, 1.807) is 12.1 Å². The highest BCUT2D eigenvalue weighted by Gasteiger charge is 2.29. The molecule has 22 heavy (non-hydrogen) atoms. The van der Waals surface area contributed by atoms with Crippen molar-refractivity contribution in [1.29, 1.82) is 0 Å². The first-order chi connectivity index (χ1) is 10.3. The highest BCUT2D eigenvalue weighted by molar-refractivity contribution is 7.91. The molecule has 2 rings (SSSR count). The first-order valence-corrected chi connectivity index (χ1v) is 8.67. The van der Waals surface area contributed by atoms with E-state index in [-0.39, 0.29) is 42.0 Å². The summed E-state index contributed by atoms with van der Waals surface area (Å²) in [6, 6.07) is 5.96. The molecule has 1 N–H and O–H groups in total. The van der Waals surface area contributed by atoms with E-state index in [4.69, 9.17) is 0 Å². The molecule has 5 nitrogen and oxygen atoms in total. The smallest absolute Gasteiger partial charge is 0.387 e. The van der Waals surface area contributed by atoms with Crippen LogP contribution >= 0.6 is 0 Å². The maximum Gasteiger partial charge on any atom is 0.387 e. The number of rotatable bonds is 6. The second kappa shape index (κ2) is 7.04. The van der Waals surface area contributed by atoms with Gasteiger partial charge < -0.3 is 10.1 Å². The minimum atomic E-state index is -2.98. The van der Waals surface area contributed by atoms with Crippen LogP contribution in [-0.4, -0.2) is 32.4 Å². The van der Waals surface area contributed by atoms with Crippen LogP contribution in [0.2, 0.25) is 0 Å². The van der Waals surface area contributed by atoms with E-state index in [9.17, 15) is 22.0 Å². The molecule has 0 bridgehead atoms. The van der Waals surface area contributed by atoms with E-state index in [2.05, 4.69) is 10.1 Å². The predicted molar refractivity (Wildman–Crippen MR) is 76.3 cm³/mol. The van der Waals surface area contributed by atoms with Crippen LogP contribution in [-0.2, 0) is 21.2 Å². The van der Waals surface area contributed by atoms with Gasteiger partial charge >= 0.3 is 6.61 Å². The Kier molecular flexibility index (Phi) is 5.33. The maximum atomic E-state index is 12.0. The number of ether oxygens (including phenoxy) is 1. The lowest BCUT2D eigenvalue weighted by atomic mass is 10.1. The zero-order chi connectivity index (χ0) is 16.2. The third-order valence-electron chi connectivity index (χ3n) is 3.44. The molecule has 122 valence electrons. The zero-order valence-electron chi connectivity index (χ0n) is 11.8. The van der Waals surface area contributed by atoms with E-state index in [0.717, 1.165) is 5.56 Å². The molecular formula is C14H17F2NO4S. The number of amides is 1. The third-order valence-corrected chi connectivity index (χ3v) is 5.28. The van der Waals surface area contributed by atoms with Crippen LogP contribution < -0.4 is 10.1 Å². The van der Waals surface area contributed by atoms with Crippen molar-refractivity contribution in [2.45, 2.75) is 26.0 Å². The van der Waals surface area contributed by atoms with Crippen LogP contribution in [0.3, 0.4) is 0 Å². The summed E-state index contributed by atoms with van der Waals surface area (Å²) in [5.74, 6) is -0.0561. The molecule has 1 aliphatic rings. The second-order valence-electron chi connectivity index (χ2n) is 5.27.